The standard InChI is InChI=1S/C22H27NO7S/c1-5-30-22(24)14-19-18-13-21(29-4)20(28-3)12-15(18)10-11-23(19)31(25,26)17-8-6-16(27-2)7-9-17/h6-9,12-13,19H,5,10-11,14H2,1-4H3. The maximum absolute atomic E-state index is 13.5. The van der Waals surface area contributed by atoms with Crippen LogP contribution < -0.4 is 14.2 Å². The van der Waals surface area contributed by atoms with Gasteiger partial charge in [0.05, 0.1) is 45.3 Å². The van der Waals surface area contributed by atoms with Gasteiger partial charge in [-0.2, -0.15) is 4.31 Å². The molecule has 0 aromatic heterocycles. The summed E-state index contributed by atoms with van der Waals surface area (Å²) < 4.78 is 49.4. The van der Waals surface area contributed by atoms with Crippen LogP contribution in [-0.4, -0.2) is 53.2 Å². The van der Waals surface area contributed by atoms with Crippen molar-refractivity contribution in [3.8, 4) is 17.2 Å². The van der Waals surface area contributed by atoms with Gasteiger partial charge in [-0.15, -0.1) is 0 Å². The van der Waals surface area contributed by atoms with Crippen LogP contribution in [0, 0.1) is 0 Å². The summed E-state index contributed by atoms with van der Waals surface area (Å²) in [6.45, 7) is 2.16. The van der Waals surface area contributed by atoms with Gasteiger partial charge in [0.1, 0.15) is 5.75 Å². The van der Waals surface area contributed by atoms with Crippen LogP contribution in [0.2, 0.25) is 0 Å². The maximum Gasteiger partial charge on any atom is 0.307 e. The van der Waals surface area contributed by atoms with Crippen LogP contribution in [0.4, 0.5) is 0 Å². The lowest BCUT2D eigenvalue weighted by Crippen LogP contribution is -2.41. The molecule has 2 aromatic carbocycles. The van der Waals surface area contributed by atoms with Crippen LogP contribution >= 0.6 is 0 Å². The van der Waals surface area contributed by atoms with Crippen molar-refractivity contribution in [1.82, 2.24) is 4.31 Å². The molecule has 0 spiro atoms. The number of fused-ring (bicyclic) bond motifs is 1. The van der Waals surface area contributed by atoms with Crippen molar-refractivity contribution in [3.63, 3.8) is 0 Å². The highest BCUT2D eigenvalue weighted by Gasteiger charge is 2.38. The zero-order valence-electron chi connectivity index (χ0n) is 18.1. The van der Waals surface area contributed by atoms with E-state index < -0.39 is 22.0 Å². The Hall–Kier alpha value is -2.78. The number of rotatable bonds is 8. The topological polar surface area (TPSA) is 91.4 Å². The molecule has 1 aliphatic rings. The first-order valence-electron chi connectivity index (χ1n) is 9.92. The van der Waals surface area contributed by atoms with Gasteiger partial charge < -0.3 is 18.9 Å². The van der Waals surface area contributed by atoms with Gasteiger partial charge in [0, 0.05) is 6.54 Å². The number of nitrogens with zero attached hydrogens (tertiary/aromatic N) is 1. The van der Waals surface area contributed by atoms with Crippen molar-refractivity contribution in [1.29, 1.82) is 0 Å². The van der Waals surface area contributed by atoms with E-state index >= 15 is 0 Å². The van der Waals surface area contributed by atoms with E-state index in [0.717, 1.165) is 5.56 Å². The molecule has 0 saturated heterocycles. The van der Waals surface area contributed by atoms with Crippen molar-refractivity contribution in [3.05, 3.63) is 47.5 Å². The van der Waals surface area contributed by atoms with Gasteiger partial charge in [-0.25, -0.2) is 8.42 Å². The Labute approximate surface area is 182 Å². The summed E-state index contributed by atoms with van der Waals surface area (Å²) in [6.07, 6.45) is 0.371. The van der Waals surface area contributed by atoms with E-state index in [2.05, 4.69) is 0 Å². The average molecular weight is 450 g/mol. The van der Waals surface area contributed by atoms with Gasteiger partial charge in [-0.05, 0) is 60.9 Å². The minimum atomic E-state index is -3.88. The van der Waals surface area contributed by atoms with Crippen molar-refractivity contribution in [2.24, 2.45) is 0 Å². The third-order valence-electron chi connectivity index (χ3n) is 5.28. The highest BCUT2D eigenvalue weighted by atomic mass is 32.2. The Morgan fingerprint density at radius 3 is 2.26 bits per heavy atom. The summed E-state index contributed by atoms with van der Waals surface area (Å²) in [6, 6.07) is 9.05. The third kappa shape index (κ3) is 4.62. The quantitative estimate of drug-likeness (QED) is 0.572. The van der Waals surface area contributed by atoms with E-state index in [4.69, 9.17) is 18.9 Å². The number of methoxy groups -OCH3 is 3. The zero-order chi connectivity index (χ0) is 22.6. The molecule has 0 N–H and O–H groups in total. The van der Waals surface area contributed by atoms with Gasteiger partial charge >= 0.3 is 5.97 Å². The van der Waals surface area contributed by atoms with E-state index in [1.807, 2.05) is 6.07 Å². The second kappa shape index (κ2) is 9.57. The zero-order valence-corrected chi connectivity index (χ0v) is 18.9. The molecule has 2 aromatic rings. The van der Waals surface area contributed by atoms with E-state index in [0.29, 0.717) is 29.2 Å². The first-order valence-corrected chi connectivity index (χ1v) is 11.4. The molecule has 3 rings (SSSR count). The summed E-state index contributed by atoms with van der Waals surface area (Å²) in [5.41, 5.74) is 1.61. The smallest absolute Gasteiger partial charge is 0.307 e. The Kier molecular flexibility index (Phi) is 7.07. The van der Waals surface area contributed by atoms with Crippen LogP contribution in [0.3, 0.4) is 0 Å². The summed E-state index contributed by atoms with van der Waals surface area (Å²) >= 11 is 0. The predicted molar refractivity (Wildman–Crippen MR) is 114 cm³/mol. The fourth-order valence-electron chi connectivity index (χ4n) is 3.77. The molecular formula is C22H27NO7S. The van der Waals surface area contributed by atoms with Gasteiger partial charge in [-0.3, -0.25) is 4.79 Å². The van der Waals surface area contributed by atoms with Gasteiger partial charge in [-0.1, -0.05) is 0 Å². The lowest BCUT2D eigenvalue weighted by Gasteiger charge is -2.36. The highest BCUT2D eigenvalue weighted by molar-refractivity contribution is 7.89. The summed E-state index contributed by atoms with van der Waals surface area (Å²) in [7, 11) is 0.698. The molecule has 0 saturated carbocycles. The highest BCUT2D eigenvalue weighted by Crippen LogP contribution is 2.41. The number of esters is 1. The maximum atomic E-state index is 13.5. The van der Waals surface area contributed by atoms with Crippen LogP contribution in [0.15, 0.2) is 41.3 Å². The van der Waals surface area contributed by atoms with Crippen molar-refractivity contribution < 1.29 is 32.2 Å². The minimum absolute atomic E-state index is 0.105. The molecule has 9 heteroatoms. The molecule has 0 bridgehead atoms. The summed E-state index contributed by atoms with van der Waals surface area (Å²) in [5, 5.41) is 0. The average Bonchev–Trinajstić information content (AvgIpc) is 2.78. The number of carbonyl (C=O) groups is 1. The number of hydrogen-bond donors (Lipinski definition) is 0. The minimum Gasteiger partial charge on any atom is -0.497 e. The Morgan fingerprint density at radius 2 is 1.68 bits per heavy atom. The molecule has 1 aliphatic heterocycles. The molecule has 0 aliphatic carbocycles. The Balaban J connectivity index is 2.07. The second-order valence-electron chi connectivity index (χ2n) is 6.97. The Morgan fingerprint density at radius 1 is 1.03 bits per heavy atom. The van der Waals surface area contributed by atoms with Crippen molar-refractivity contribution >= 4 is 16.0 Å². The molecule has 1 atom stereocenters. The molecule has 0 fully saturated rings. The summed E-state index contributed by atoms with van der Waals surface area (Å²) in [4.78, 5) is 12.5. The third-order valence-corrected chi connectivity index (χ3v) is 7.21. The van der Waals surface area contributed by atoms with Crippen LogP contribution in [0.1, 0.15) is 30.5 Å². The molecule has 1 heterocycles. The monoisotopic (exact) mass is 449 g/mol. The summed E-state index contributed by atoms with van der Waals surface area (Å²) in [5.74, 6) is 1.12. The molecule has 8 nitrogen and oxygen atoms in total. The number of sulfonamides is 1. The van der Waals surface area contributed by atoms with E-state index in [1.165, 1.54) is 30.7 Å². The fraction of sp³-hybridized carbons (Fsp3) is 0.409. The first kappa shape index (κ1) is 22.9. The lowest BCUT2D eigenvalue weighted by atomic mass is 9.91. The van der Waals surface area contributed by atoms with Crippen LogP contribution in [0.5, 0.6) is 17.2 Å². The Bertz CT molecular complexity index is 1030. The fourth-order valence-corrected chi connectivity index (χ4v) is 5.37. The normalized spacial score (nSPS) is 16.3. The molecule has 1 unspecified atom stereocenters. The van der Waals surface area contributed by atoms with E-state index in [9.17, 15) is 13.2 Å². The SMILES string of the molecule is CCOC(=O)CC1c2cc(OC)c(OC)cc2CCN1S(=O)(=O)c1ccc(OC)cc1. The molecule has 0 amide bonds. The molecule has 0 radical (unpaired) electrons. The van der Waals surface area contributed by atoms with Crippen molar-refractivity contribution in [2.45, 2.75) is 30.7 Å². The van der Waals surface area contributed by atoms with Crippen LogP contribution in [0.25, 0.3) is 0 Å². The molecule has 168 valence electrons. The largest absolute Gasteiger partial charge is 0.497 e. The first-order chi connectivity index (χ1) is 14.8. The number of benzene rings is 2. The van der Waals surface area contributed by atoms with E-state index in [-0.39, 0.29) is 24.5 Å². The molecular weight excluding hydrogens is 422 g/mol. The second-order valence-corrected chi connectivity index (χ2v) is 8.86. The molecule has 31 heavy (non-hydrogen) atoms. The van der Waals surface area contributed by atoms with Crippen molar-refractivity contribution in [2.75, 3.05) is 34.5 Å². The van der Waals surface area contributed by atoms with Crippen LogP contribution in [-0.2, 0) is 26.0 Å². The van der Waals surface area contributed by atoms with E-state index in [1.54, 1.807) is 32.2 Å². The number of carbonyl (C=O) groups excluding carboxylic acids is 1. The van der Waals surface area contributed by atoms with Gasteiger partial charge in [0.25, 0.3) is 0 Å². The predicted octanol–water partition coefficient (Wildman–Crippen LogP) is 2.95. The van der Waals surface area contributed by atoms with Gasteiger partial charge in [0.2, 0.25) is 10.0 Å². The lowest BCUT2D eigenvalue weighted by molar-refractivity contribution is -0.144. The number of ether oxygens (including phenoxy) is 4. The number of hydrogen-bond acceptors (Lipinski definition) is 7. The van der Waals surface area contributed by atoms with Gasteiger partial charge in [0.15, 0.2) is 11.5 Å².